The van der Waals surface area contributed by atoms with Gasteiger partial charge in [-0.3, -0.25) is 9.59 Å². The second-order valence-electron chi connectivity index (χ2n) is 6.91. The lowest BCUT2D eigenvalue weighted by Gasteiger charge is -2.37. The topological polar surface area (TPSA) is 78.4 Å². The van der Waals surface area contributed by atoms with Crippen molar-refractivity contribution in [1.82, 2.24) is 5.32 Å². The van der Waals surface area contributed by atoms with E-state index in [1.54, 1.807) is 18.2 Å². The molecule has 0 unspecified atom stereocenters. The average Bonchev–Trinajstić information content (AvgIpc) is 3.16. The molecule has 2 aromatic carbocycles. The molecule has 27 heavy (non-hydrogen) atoms. The Balaban J connectivity index is 1.64. The van der Waals surface area contributed by atoms with E-state index in [2.05, 4.69) is 22.8 Å². The highest BCUT2D eigenvalue weighted by molar-refractivity contribution is 5.96. The third-order valence-electron chi connectivity index (χ3n) is 5.25. The number of halogens is 1. The summed E-state index contributed by atoms with van der Waals surface area (Å²) in [4.78, 5) is 22.8. The van der Waals surface area contributed by atoms with E-state index < -0.39 is 18.4 Å². The Morgan fingerprint density at radius 3 is 2.70 bits per heavy atom. The van der Waals surface area contributed by atoms with E-state index in [9.17, 15) is 14.0 Å². The third kappa shape index (κ3) is 3.30. The Morgan fingerprint density at radius 2 is 1.96 bits per heavy atom. The summed E-state index contributed by atoms with van der Waals surface area (Å²) >= 11 is 0. The van der Waals surface area contributed by atoms with E-state index in [4.69, 9.17) is 5.11 Å². The van der Waals surface area contributed by atoms with Crippen molar-refractivity contribution in [3.63, 3.8) is 0 Å². The van der Waals surface area contributed by atoms with Crippen molar-refractivity contribution in [3.8, 4) is 0 Å². The molecule has 0 spiro atoms. The third-order valence-corrected chi connectivity index (χ3v) is 5.25. The van der Waals surface area contributed by atoms with Gasteiger partial charge in [0, 0.05) is 17.2 Å². The molecule has 0 aromatic heterocycles. The zero-order chi connectivity index (χ0) is 19.0. The quantitative estimate of drug-likeness (QED) is 0.724. The zero-order valence-corrected chi connectivity index (χ0v) is 14.5. The minimum Gasteiger partial charge on any atom is -0.480 e. The van der Waals surface area contributed by atoms with Gasteiger partial charge in [-0.2, -0.15) is 0 Å². The summed E-state index contributed by atoms with van der Waals surface area (Å²) in [5.41, 5.74) is 3.43. The molecular formula is C21H19FN2O3. The van der Waals surface area contributed by atoms with Gasteiger partial charge in [-0.05, 0) is 53.8 Å². The van der Waals surface area contributed by atoms with Crippen LogP contribution in [0.5, 0.6) is 0 Å². The SMILES string of the molecule is O=C(O)CNC(=O)c1ccc2c(c1)[C@@H]1C=CC[C@H]1[C@H](c1ccc(F)cc1)N2. The number of allylic oxidation sites excluding steroid dienone is 2. The van der Waals surface area contributed by atoms with Crippen LogP contribution in [0.1, 0.15) is 39.9 Å². The van der Waals surface area contributed by atoms with Crippen LogP contribution in [-0.2, 0) is 4.79 Å². The van der Waals surface area contributed by atoms with Gasteiger partial charge in [0.2, 0.25) is 0 Å². The first kappa shape index (κ1) is 17.3. The number of anilines is 1. The highest BCUT2D eigenvalue weighted by atomic mass is 19.1. The van der Waals surface area contributed by atoms with Crippen molar-refractivity contribution in [1.29, 1.82) is 0 Å². The molecule has 3 atom stereocenters. The molecule has 1 amide bonds. The lowest BCUT2D eigenvalue weighted by atomic mass is 9.76. The molecule has 0 radical (unpaired) electrons. The summed E-state index contributed by atoms with van der Waals surface area (Å²) in [5, 5.41) is 14.6. The standard InChI is InChI=1S/C21H19FN2O3/c22-14-7-4-12(5-8-14)20-16-3-1-2-15(16)17-10-13(6-9-18(17)24-20)21(27)23-11-19(25)26/h1-2,4-10,15-16,20,24H,3,11H2,(H,23,27)(H,25,26)/t15-,16-,20+/m1/s1. The smallest absolute Gasteiger partial charge is 0.322 e. The van der Waals surface area contributed by atoms with Crippen LogP contribution in [0, 0.1) is 11.7 Å². The second-order valence-corrected chi connectivity index (χ2v) is 6.91. The first-order chi connectivity index (χ1) is 13.0. The minimum absolute atomic E-state index is 0.0600. The van der Waals surface area contributed by atoms with Crippen molar-refractivity contribution in [3.05, 3.63) is 77.1 Å². The van der Waals surface area contributed by atoms with Gasteiger partial charge in [0.15, 0.2) is 0 Å². The molecule has 1 heterocycles. The average molecular weight is 366 g/mol. The summed E-state index contributed by atoms with van der Waals surface area (Å²) in [7, 11) is 0. The zero-order valence-electron chi connectivity index (χ0n) is 14.5. The number of rotatable bonds is 4. The van der Waals surface area contributed by atoms with E-state index in [-0.39, 0.29) is 23.7 Å². The second kappa shape index (κ2) is 6.87. The number of hydrogen-bond donors (Lipinski definition) is 3. The summed E-state index contributed by atoms with van der Waals surface area (Å²) in [6.07, 6.45) is 5.19. The van der Waals surface area contributed by atoms with E-state index >= 15 is 0 Å². The van der Waals surface area contributed by atoms with Crippen LogP contribution in [0.3, 0.4) is 0 Å². The van der Waals surface area contributed by atoms with Gasteiger partial charge in [0.1, 0.15) is 12.4 Å². The lowest BCUT2D eigenvalue weighted by Crippen LogP contribution is -2.31. The van der Waals surface area contributed by atoms with E-state index in [1.165, 1.54) is 12.1 Å². The summed E-state index contributed by atoms with van der Waals surface area (Å²) in [6.45, 7) is -0.410. The van der Waals surface area contributed by atoms with Crippen molar-refractivity contribution in [2.45, 2.75) is 18.4 Å². The maximum absolute atomic E-state index is 13.3. The predicted molar refractivity (Wildman–Crippen MR) is 99.2 cm³/mol. The molecule has 2 aromatic rings. The number of nitrogens with one attached hydrogen (secondary N) is 2. The number of carboxylic acid groups (broad SMARTS) is 1. The Bertz CT molecular complexity index is 924. The van der Waals surface area contributed by atoms with Crippen molar-refractivity contribution < 1.29 is 19.1 Å². The van der Waals surface area contributed by atoms with Crippen LogP contribution in [-0.4, -0.2) is 23.5 Å². The fourth-order valence-corrected chi connectivity index (χ4v) is 3.99. The normalized spacial score (nSPS) is 22.5. The molecule has 5 nitrogen and oxygen atoms in total. The van der Waals surface area contributed by atoms with Crippen LogP contribution in [0.15, 0.2) is 54.6 Å². The number of aliphatic carboxylic acids is 1. The predicted octanol–water partition coefficient (Wildman–Crippen LogP) is 3.47. The molecule has 1 aliphatic heterocycles. The van der Waals surface area contributed by atoms with E-state index in [0.717, 1.165) is 23.2 Å². The fourth-order valence-electron chi connectivity index (χ4n) is 3.99. The van der Waals surface area contributed by atoms with Gasteiger partial charge in [0.05, 0.1) is 6.04 Å². The first-order valence-electron chi connectivity index (χ1n) is 8.85. The molecule has 0 bridgehead atoms. The largest absolute Gasteiger partial charge is 0.480 e. The molecule has 1 aliphatic carbocycles. The van der Waals surface area contributed by atoms with Crippen LogP contribution in [0.2, 0.25) is 0 Å². The maximum Gasteiger partial charge on any atom is 0.322 e. The summed E-state index contributed by atoms with van der Waals surface area (Å²) in [5.74, 6) is -1.31. The Kier molecular flexibility index (Phi) is 4.39. The molecule has 0 saturated heterocycles. The van der Waals surface area contributed by atoms with Crippen LogP contribution >= 0.6 is 0 Å². The van der Waals surface area contributed by atoms with Gasteiger partial charge >= 0.3 is 5.97 Å². The molecule has 2 aliphatic rings. The highest BCUT2D eigenvalue weighted by Crippen LogP contribution is 2.49. The van der Waals surface area contributed by atoms with Gasteiger partial charge in [-0.25, -0.2) is 4.39 Å². The molecule has 4 rings (SSSR count). The molecule has 138 valence electrons. The molecular weight excluding hydrogens is 347 g/mol. The number of carbonyl (C=O) groups is 2. The lowest BCUT2D eigenvalue weighted by molar-refractivity contribution is -0.135. The molecule has 6 heteroatoms. The molecule has 0 saturated carbocycles. The van der Waals surface area contributed by atoms with Crippen LogP contribution < -0.4 is 10.6 Å². The van der Waals surface area contributed by atoms with Crippen molar-refractivity contribution in [2.75, 3.05) is 11.9 Å². The van der Waals surface area contributed by atoms with Gasteiger partial charge in [-0.15, -0.1) is 0 Å². The van der Waals surface area contributed by atoms with Gasteiger partial charge in [-0.1, -0.05) is 24.3 Å². The number of hydrogen-bond acceptors (Lipinski definition) is 3. The maximum atomic E-state index is 13.3. The molecule has 3 N–H and O–H groups in total. The summed E-state index contributed by atoms with van der Waals surface area (Å²) in [6, 6.07) is 12.0. The van der Waals surface area contributed by atoms with Crippen LogP contribution in [0.4, 0.5) is 10.1 Å². The van der Waals surface area contributed by atoms with Crippen molar-refractivity contribution in [2.24, 2.45) is 5.92 Å². The van der Waals surface area contributed by atoms with Gasteiger partial charge < -0.3 is 15.7 Å². The fraction of sp³-hybridized carbons (Fsp3) is 0.238. The Morgan fingerprint density at radius 1 is 1.19 bits per heavy atom. The van der Waals surface area contributed by atoms with E-state index in [0.29, 0.717) is 5.56 Å². The molecule has 0 fully saturated rings. The Labute approximate surface area is 155 Å². The summed E-state index contributed by atoms with van der Waals surface area (Å²) < 4.78 is 13.3. The number of carbonyl (C=O) groups excluding carboxylic acids is 1. The van der Waals surface area contributed by atoms with Crippen LogP contribution in [0.25, 0.3) is 0 Å². The minimum atomic E-state index is -1.08. The number of benzene rings is 2. The van der Waals surface area contributed by atoms with E-state index in [1.807, 2.05) is 12.1 Å². The monoisotopic (exact) mass is 366 g/mol. The number of fused-ring (bicyclic) bond motifs is 3. The highest BCUT2D eigenvalue weighted by Gasteiger charge is 2.38. The van der Waals surface area contributed by atoms with Gasteiger partial charge in [0.25, 0.3) is 5.91 Å². The first-order valence-corrected chi connectivity index (χ1v) is 8.85. The Hall–Kier alpha value is -3.15. The van der Waals surface area contributed by atoms with Crippen molar-refractivity contribution >= 4 is 17.6 Å². The number of amides is 1. The number of carboxylic acids is 1.